The molecule has 0 saturated heterocycles. The topological polar surface area (TPSA) is 35.8 Å². The Kier molecular flexibility index (Phi) is 4.24. The van der Waals surface area contributed by atoms with Crippen LogP contribution in [0, 0.1) is 11.3 Å². The van der Waals surface area contributed by atoms with Crippen molar-refractivity contribution in [2.75, 3.05) is 5.32 Å². The van der Waals surface area contributed by atoms with Gasteiger partial charge >= 0.3 is 0 Å². The van der Waals surface area contributed by atoms with E-state index in [-0.39, 0.29) is 0 Å². The molecule has 2 aromatic rings. The molecular formula is C14H10BrClN2. The van der Waals surface area contributed by atoms with Crippen molar-refractivity contribution < 1.29 is 0 Å². The maximum absolute atomic E-state index is 8.70. The summed E-state index contributed by atoms with van der Waals surface area (Å²) in [5, 5.41) is 12.7. The lowest BCUT2D eigenvalue weighted by Crippen LogP contribution is -1.99. The van der Waals surface area contributed by atoms with Crippen LogP contribution in [-0.4, -0.2) is 0 Å². The summed E-state index contributed by atoms with van der Waals surface area (Å²) >= 11 is 9.38. The molecule has 0 amide bonds. The van der Waals surface area contributed by atoms with Crippen molar-refractivity contribution >= 4 is 33.2 Å². The molecule has 0 bridgehead atoms. The predicted molar refractivity (Wildman–Crippen MR) is 77.6 cm³/mol. The lowest BCUT2D eigenvalue weighted by atomic mass is 10.2. The van der Waals surface area contributed by atoms with Crippen LogP contribution < -0.4 is 5.32 Å². The Balaban J connectivity index is 2.02. The van der Waals surface area contributed by atoms with Gasteiger partial charge in [-0.25, -0.2) is 0 Å². The molecule has 0 unspecified atom stereocenters. The van der Waals surface area contributed by atoms with Gasteiger partial charge in [-0.2, -0.15) is 5.26 Å². The first kappa shape index (κ1) is 12.9. The lowest BCUT2D eigenvalue weighted by molar-refractivity contribution is 1.15. The van der Waals surface area contributed by atoms with E-state index in [9.17, 15) is 0 Å². The normalized spacial score (nSPS) is 9.83. The number of anilines is 1. The van der Waals surface area contributed by atoms with E-state index >= 15 is 0 Å². The lowest BCUT2D eigenvalue weighted by Gasteiger charge is -2.07. The fourth-order valence-electron chi connectivity index (χ4n) is 1.52. The van der Waals surface area contributed by atoms with Gasteiger partial charge in [-0.1, -0.05) is 17.7 Å². The minimum atomic E-state index is 0.659. The van der Waals surface area contributed by atoms with Crippen LogP contribution in [0.5, 0.6) is 0 Å². The van der Waals surface area contributed by atoms with E-state index in [1.807, 2.05) is 30.3 Å². The van der Waals surface area contributed by atoms with Crippen LogP contribution in [0.2, 0.25) is 5.02 Å². The minimum Gasteiger partial charge on any atom is -0.381 e. The largest absolute Gasteiger partial charge is 0.381 e. The zero-order valence-electron chi connectivity index (χ0n) is 9.45. The summed E-state index contributed by atoms with van der Waals surface area (Å²) < 4.78 is 0.895. The number of benzene rings is 2. The smallest absolute Gasteiger partial charge is 0.0991 e. The quantitative estimate of drug-likeness (QED) is 0.897. The van der Waals surface area contributed by atoms with Gasteiger partial charge in [0.1, 0.15) is 0 Å². The molecule has 0 heterocycles. The van der Waals surface area contributed by atoms with Crippen molar-refractivity contribution in [1.29, 1.82) is 5.26 Å². The Morgan fingerprint density at radius 3 is 2.50 bits per heavy atom. The molecule has 0 atom stereocenters. The minimum absolute atomic E-state index is 0.659. The van der Waals surface area contributed by atoms with Crippen molar-refractivity contribution in [3.63, 3.8) is 0 Å². The van der Waals surface area contributed by atoms with Crippen molar-refractivity contribution in [3.05, 3.63) is 63.1 Å². The average molecular weight is 322 g/mol. The van der Waals surface area contributed by atoms with Crippen LogP contribution in [0.1, 0.15) is 11.1 Å². The molecule has 18 heavy (non-hydrogen) atoms. The number of rotatable bonds is 3. The Bertz CT molecular complexity index is 588. The summed E-state index contributed by atoms with van der Waals surface area (Å²) in [6, 6.07) is 15.3. The van der Waals surface area contributed by atoms with Crippen LogP contribution in [0.3, 0.4) is 0 Å². The second kappa shape index (κ2) is 5.90. The molecule has 1 N–H and O–H groups in total. The SMILES string of the molecule is N#Cc1ccc(NCc2ccc(Br)c(Cl)c2)cc1. The maximum Gasteiger partial charge on any atom is 0.0991 e. The molecule has 0 radical (unpaired) electrons. The Hall–Kier alpha value is -1.50. The molecule has 0 aliphatic heterocycles. The van der Waals surface area contributed by atoms with E-state index in [2.05, 4.69) is 27.3 Å². The molecule has 0 aliphatic rings. The van der Waals surface area contributed by atoms with Gasteiger partial charge in [0.05, 0.1) is 16.7 Å². The Labute approximate surface area is 119 Å². The van der Waals surface area contributed by atoms with E-state index in [1.165, 1.54) is 0 Å². The number of halogens is 2. The van der Waals surface area contributed by atoms with Crippen LogP contribution in [0.4, 0.5) is 5.69 Å². The van der Waals surface area contributed by atoms with E-state index in [0.717, 1.165) is 15.7 Å². The van der Waals surface area contributed by atoms with E-state index in [4.69, 9.17) is 16.9 Å². The molecule has 0 fully saturated rings. The molecule has 0 spiro atoms. The fraction of sp³-hybridized carbons (Fsp3) is 0.0714. The van der Waals surface area contributed by atoms with E-state index < -0.39 is 0 Å². The van der Waals surface area contributed by atoms with Crippen molar-refractivity contribution in [2.45, 2.75) is 6.54 Å². The van der Waals surface area contributed by atoms with Gasteiger partial charge in [0.25, 0.3) is 0 Å². The van der Waals surface area contributed by atoms with Gasteiger partial charge in [-0.3, -0.25) is 0 Å². The monoisotopic (exact) mass is 320 g/mol. The van der Waals surface area contributed by atoms with E-state index in [1.54, 1.807) is 12.1 Å². The van der Waals surface area contributed by atoms with Gasteiger partial charge in [-0.15, -0.1) is 0 Å². The van der Waals surface area contributed by atoms with Crippen molar-refractivity contribution in [1.82, 2.24) is 0 Å². The average Bonchev–Trinajstić information content (AvgIpc) is 2.41. The highest BCUT2D eigenvalue weighted by molar-refractivity contribution is 9.10. The number of hydrogen-bond donors (Lipinski definition) is 1. The van der Waals surface area contributed by atoms with Crippen molar-refractivity contribution in [2.24, 2.45) is 0 Å². The fourth-order valence-corrected chi connectivity index (χ4v) is 1.97. The second-order valence-electron chi connectivity index (χ2n) is 3.79. The highest BCUT2D eigenvalue weighted by Gasteiger charge is 1.99. The van der Waals surface area contributed by atoms with E-state index in [0.29, 0.717) is 17.1 Å². The third-order valence-electron chi connectivity index (χ3n) is 2.49. The van der Waals surface area contributed by atoms with Gasteiger partial charge < -0.3 is 5.32 Å². The Morgan fingerprint density at radius 1 is 1.17 bits per heavy atom. The van der Waals surface area contributed by atoms with Gasteiger partial charge in [0.2, 0.25) is 0 Å². The summed E-state index contributed by atoms with van der Waals surface area (Å²) in [6.45, 7) is 0.693. The van der Waals surface area contributed by atoms with Gasteiger partial charge in [-0.05, 0) is 57.9 Å². The predicted octanol–water partition coefficient (Wildman–Crippen LogP) is 4.59. The molecule has 2 aromatic carbocycles. The zero-order valence-corrected chi connectivity index (χ0v) is 11.8. The molecule has 0 aromatic heterocycles. The highest BCUT2D eigenvalue weighted by atomic mass is 79.9. The van der Waals surface area contributed by atoms with Crippen LogP contribution >= 0.6 is 27.5 Å². The number of nitrogens with zero attached hydrogens (tertiary/aromatic N) is 1. The summed E-state index contributed by atoms with van der Waals surface area (Å²) in [5.74, 6) is 0. The number of nitriles is 1. The highest BCUT2D eigenvalue weighted by Crippen LogP contribution is 2.23. The number of nitrogens with one attached hydrogen (secondary N) is 1. The molecule has 2 nitrogen and oxygen atoms in total. The third kappa shape index (κ3) is 3.25. The third-order valence-corrected chi connectivity index (χ3v) is 3.73. The molecule has 4 heteroatoms. The van der Waals surface area contributed by atoms with Crippen LogP contribution in [0.25, 0.3) is 0 Å². The van der Waals surface area contributed by atoms with Gasteiger partial charge in [0, 0.05) is 16.7 Å². The maximum atomic E-state index is 8.70. The first-order valence-corrected chi connectivity index (χ1v) is 6.54. The van der Waals surface area contributed by atoms with Crippen molar-refractivity contribution in [3.8, 4) is 6.07 Å². The second-order valence-corrected chi connectivity index (χ2v) is 5.05. The molecule has 0 aliphatic carbocycles. The standard InChI is InChI=1S/C14H10BrClN2/c15-13-6-3-11(7-14(13)16)9-18-12-4-1-10(8-17)2-5-12/h1-7,18H,9H2. The first-order chi connectivity index (χ1) is 8.69. The molecular weight excluding hydrogens is 312 g/mol. The molecule has 2 rings (SSSR count). The number of hydrogen-bond acceptors (Lipinski definition) is 2. The summed E-state index contributed by atoms with van der Waals surface area (Å²) in [5.41, 5.74) is 2.74. The van der Waals surface area contributed by atoms with Crippen LogP contribution in [0.15, 0.2) is 46.9 Å². The van der Waals surface area contributed by atoms with Crippen LogP contribution in [-0.2, 0) is 6.54 Å². The molecule has 90 valence electrons. The van der Waals surface area contributed by atoms with Gasteiger partial charge in [0.15, 0.2) is 0 Å². The Morgan fingerprint density at radius 2 is 1.89 bits per heavy atom. The molecule has 0 saturated carbocycles. The summed E-state index contributed by atoms with van der Waals surface area (Å²) in [7, 11) is 0. The zero-order chi connectivity index (χ0) is 13.0. The summed E-state index contributed by atoms with van der Waals surface area (Å²) in [4.78, 5) is 0. The first-order valence-electron chi connectivity index (χ1n) is 5.37. The summed E-state index contributed by atoms with van der Waals surface area (Å²) in [6.07, 6.45) is 0.